The standard InChI is InChI=1S/C16H19N3O4S/c1-10-16(11(2)23-17-10)24(21,22)18-7-12-6-13(9-18)14-4-3-5-15(20)19(14)8-12/h3-5,12-13H,6-9H2,1-2H3/t12-,13+/m0/s1. The van der Waals surface area contributed by atoms with Gasteiger partial charge in [-0.05, 0) is 32.3 Å². The van der Waals surface area contributed by atoms with Gasteiger partial charge in [0.15, 0.2) is 5.76 Å². The summed E-state index contributed by atoms with van der Waals surface area (Å²) in [6.45, 7) is 4.63. The van der Waals surface area contributed by atoms with Crippen LogP contribution in [0.4, 0.5) is 0 Å². The Morgan fingerprint density at radius 3 is 2.71 bits per heavy atom. The van der Waals surface area contributed by atoms with E-state index < -0.39 is 10.0 Å². The van der Waals surface area contributed by atoms with Crippen molar-refractivity contribution in [1.29, 1.82) is 0 Å². The van der Waals surface area contributed by atoms with Gasteiger partial charge >= 0.3 is 0 Å². The predicted octanol–water partition coefficient (Wildman–Crippen LogP) is 1.26. The van der Waals surface area contributed by atoms with Crippen molar-refractivity contribution in [1.82, 2.24) is 14.0 Å². The maximum atomic E-state index is 13.1. The molecule has 4 heterocycles. The van der Waals surface area contributed by atoms with E-state index in [1.807, 2.05) is 6.07 Å². The van der Waals surface area contributed by atoms with E-state index in [2.05, 4.69) is 5.16 Å². The van der Waals surface area contributed by atoms with Gasteiger partial charge in [-0.3, -0.25) is 4.79 Å². The lowest BCUT2D eigenvalue weighted by Crippen LogP contribution is -2.49. The topological polar surface area (TPSA) is 85.4 Å². The highest BCUT2D eigenvalue weighted by atomic mass is 32.2. The lowest BCUT2D eigenvalue weighted by molar-refractivity contribution is 0.186. The molecule has 2 aliphatic rings. The SMILES string of the molecule is Cc1noc(C)c1S(=O)(=O)N1C[C@@H]2C[C@H](C1)c1cccc(=O)n1C2. The summed E-state index contributed by atoms with van der Waals surface area (Å²) in [6, 6.07) is 5.23. The van der Waals surface area contributed by atoms with Crippen molar-refractivity contribution in [2.75, 3.05) is 13.1 Å². The molecule has 2 atom stereocenters. The molecule has 0 N–H and O–H groups in total. The third-order valence-electron chi connectivity index (χ3n) is 5.01. The van der Waals surface area contributed by atoms with E-state index >= 15 is 0 Å². The molecular weight excluding hydrogens is 330 g/mol. The molecule has 2 bridgehead atoms. The van der Waals surface area contributed by atoms with E-state index in [4.69, 9.17) is 4.52 Å². The van der Waals surface area contributed by atoms with Crippen LogP contribution in [0.3, 0.4) is 0 Å². The van der Waals surface area contributed by atoms with Crippen molar-refractivity contribution in [3.63, 3.8) is 0 Å². The van der Waals surface area contributed by atoms with E-state index in [-0.39, 0.29) is 22.3 Å². The predicted molar refractivity (Wildman–Crippen MR) is 86.3 cm³/mol. The molecule has 2 aromatic rings. The van der Waals surface area contributed by atoms with Crippen LogP contribution < -0.4 is 5.56 Å². The molecule has 0 unspecified atom stereocenters. The van der Waals surface area contributed by atoms with Crippen LogP contribution in [0.25, 0.3) is 0 Å². The number of pyridine rings is 1. The van der Waals surface area contributed by atoms with Crippen LogP contribution in [-0.4, -0.2) is 35.5 Å². The number of hydrogen-bond donors (Lipinski definition) is 0. The Morgan fingerprint density at radius 2 is 2.00 bits per heavy atom. The Labute approximate surface area is 139 Å². The second kappa shape index (κ2) is 5.29. The van der Waals surface area contributed by atoms with Crippen LogP contribution in [0.2, 0.25) is 0 Å². The molecule has 0 spiro atoms. The van der Waals surface area contributed by atoms with Crippen molar-refractivity contribution in [2.45, 2.75) is 37.6 Å². The van der Waals surface area contributed by atoms with Gasteiger partial charge in [-0.15, -0.1) is 0 Å². The maximum Gasteiger partial charge on any atom is 0.250 e. The van der Waals surface area contributed by atoms with E-state index in [1.54, 1.807) is 30.5 Å². The molecule has 8 heteroatoms. The van der Waals surface area contributed by atoms with Crippen LogP contribution >= 0.6 is 0 Å². The highest BCUT2D eigenvalue weighted by Crippen LogP contribution is 2.37. The third kappa shape index (κ3) is 2.24. The van der Waals surface area contributed by atoms with Gasteiger partial charge in [0.1, 0.15) is 10.6 Å². The van der Waals surface area contributed by atoms with Crippen molar-refractivity contribution in [3.05, 3.63) is 45.7 Å². The highest BCUT2D eigenvalue weighted by molar-refractivity contribution is 7.89. The summed E-state index contributed by atoms with van der Waals surface area (Å²) in [5, 5.41) is 3.77. The molecule has 1 saturated heterocycles. The summed E-state index contributed by atoms with van der Waals surface area (Å²) in [7, 11) is -3.65. The van der Waals surface area contributed by atoms with Crippen molar-refractivity contribution in [2.24, 2.45) is 5.92 Å². The third-order valence-corrected chi connectivity index (χ3v) is 7.09. The monoisotopic (exact) mass is 349 g/mol. The number of hydrogen-bond acceptors (Lipinski definition) is 5. The minimum Gasteiger partial charge on any atom is -0.360 e. The van der Waals surface area contributed by atoms with Crippen molar-refractivity contribution >= 4 is 10.0 Å². The Kier molecular flexibility index (Phi) is 3.43. The highest BCUT2D eigenvalue weighted by Gasteiger charge is 2.41. The summed E-state index contributed by atoms with van der Waals surface area (Å²) in [4.78, 5) is 12.2. The zero-order valence-corrected chi connectivity index (χ0v) is 14.4. The van der Waals surface area contributed by atoms with Gasteiger partial charge < -0.3 is 9.09 Å². The van der Waals surface area contributed by atoms with Crippen molar-refractivity contribution in [3.8, 4) is 0 Å². The lowest BCUT2D eigenvalue weighted by Gasteiger charge is -2.41. The van der Waals surface area contributed by atoms with Gasteiger partial charge in [0.2, 0.25) is 10.0 Å². The second-order valence-corrected chi connectivity index (χ2v) is 8.55. The fourth-order valence-corrected chi connectivity index (χ4v) is 5.87. The number of sulfonamides is 1. The molecule has 2 aliphatic heterocycles. The first kappa shape index (κ1) is 15.6. The van der Waals surface area contributed by atoms with Crippen LogP contribution in [0.1, 0.15) is 29.5 Å². The summed E-state index contributed by atoms with van der Waals surface area (Å²) in [5.41, 5.74) is 1.31. The number of piperidine rings is 1. The van der Waals surface area contributed by atoms with E-state index in [1.165, 1.54) is 4.31 Å². The molecule has 7 nitrogen and oxygen atoms in total. The molecule has 0 saturated carbocycles. The van der Waals surface area contributed by atoms with Crippen LogP contribution in [-0.2, 0) is 16.6 Å². The number of nitrogens with zero attached hydrogens (tertiary/aromatic N) is 3. The molecule has 2 aromatic heterocycles. The Hall–Kier alpha value is -1.93. The second-order valence-electron chi connectivity index (χ2n) is 6.67. The Balaban J connectivity index is 1.73. The number of rotatable bonds is 2. The minimum absolute atomic E-state index is 0.00997. The first-order valence-corrected chi connectivity index (χ1v) is 9.44. The van der Waals surface area contributed by atoms with E-state index in [0.29, 0.717) is 31.1 Å². The zero-order chi connectivity index (χ0) is 17.1. The molecule has 128 valence electrons. The molecule has 4 rings (SSSR count). The average molecular weight is 349 g/mol. The van der Waals surface area contributed by atoms with Gasteiger partial charge in [0.25, 0.3) is 5.56 Å². The quantitative estimate of drug-likeness (QED) is 0.815. The number of fused-ring (bicyclic) bond motifs is 4. The Bertz CT molecular complexity index is 940. The molecule has 0 radical (unpaired) electrons. The summed E-state index contributed by atoms with van der Waals surface area (Å²) in [5.74, 6) is 0.507. The minimum atomic E-state index is -3.65. The molecular formula is C16H19N3O4S. The maximum absolute atomic E-state index is 13.1. The first-order valence-electron chi connectivity index (χ1n) is 8.00. The van der Waals surface area contributed by atoms with Gasteiger partial charge in [-0.25, -0.2) is 8.42 Å². The van der Waals surface area contributed by atoms with Gasteiger partial charge in [-0.1, -0.05) is 11.2 Å². The molecule has 24 heavy (non-hydrogen) atoms. The van der Waals surface area contributed by atoms with Crippen molar-refractivity contribution < 1.29 is 12.9 Å². The van der Waals surface area contributed by atoms with Crippen LogP contribution in [0.15, 0.2) is 32.4 Å². The normalized spacial score (nSPS) is 23.9. The fraction of sp³-hybridized carbons (Fsp3) is 0.500. The first-order chi connectivity index (χ1) is 11.4. The zero-order valence-electron chi connectivity index (χ0n) is 13.6. The van der Waals surface area contributed by atoms with Crippen LogP contribution in [0.5, 0.6) is 0 Å². The van der Waals surface area contributed by atoms with Crippen LogP contribution in [0, 0.1) is 19.8 Å². The van der Waals surface area contributed by atoms with E-state index in [9.17, 15) is 13.2 Å². The average Bonchev–Trinajstić information content (AvgIpc) is 2.88. The lowest BCUT2D eigenvalue weighted by atomic mass is 9.84. The largest absolute Gasteiger partial charge is 0.360 e. The molecule has 0 aromatic carbocycles. The summed E-state index contributed by atoms with van der Waals surface area (Å²) in [6.07, 6.45) is 0.914. The van der Waals surface area contributed by atoms with Gasteiger partial charge in [-0.2, -0.15) is 4.31 Å². The van der Waals surface area contributed by atoms with Gasteiger partial charge in [0, 0.05) is 37.3 Å². The molecule has 0 amide bonds. The number of aryl methyl sites for hydroxylation is 2. The fourth-order valence-electron chi connectivity index (χ4n) is 4.02. The summed E-state index contributed by atoms with van der Waals surface area (Å²) >= 11 is 0. The van der Waals surface area contributed by atoms with Gasteiger partial charge in [0.05, 0.1) is 0 Å². The Morgan fingerprint density at radius 1 is 1.21 bits per heavy atom. The molecule has 1 fully saturated rings. The number of aromatic nitrogens is 2. The summed E-state index contributed by atoms with van der Waals surface area (Å²) < 4.78 is 34.5. The van der Waals surface area contributed by atoms with E-state index in [0.717, 1.165) is 12.1 Å². The molecule has 0 aliphatic carbocycles. The smallest absolute Gasteiger partial charge is 0.250 e.